The first-order valence-electron chi connectivity index (χ1n) is 5.99. The van der Waals surface area contributed by atoms with Crippen LogP contribution >= 0.6 is 11.6 Å². The second-order valence-electron chi connectivity index (χ2n) is 4.05. The van der Waals surface area contributed by atoms with Crippen LogP contribution in [0.5, 0.6) is 11.5 Å². The van der Waals surface area contributed by atoms with Gasteiger partial charge in [-0.2, -0.15) is 5.10 Å². The third-order valence-corrected chi connectivity index (χ3v) is 3.09. The van der Waals surface area contributed by atoms with Gasteiger partial charge in [0.25, 0.3) is 0 Å². The first-order chi connectivity index (χ1) is 9.67. The lowest BCUT2D eigenvalue weighted by atomic mass is 10.2. The largest absolute Gasteiger partial charge is 0.495 e. The Balaban J connectivity index is 2.15. The number of halogens is 1. The molecule has 0 unspecified atom stereocenters. The van der Waals surface area contributed by atoms with E-state index in [0.29, 0.717) is 23.1 Å². The molecule has 2 rings (SSSR count). The van der Waals surface area contributed by atoms with E-state index < -0.39 is 0 Å². The lowest BCUT2D eigenvalue weighted by Gasteiger charge is -2.13. The smallest absolute Gasteiger partial charge is 0.145 e. The highest BCUT2D eigenvalue weighted by atomic mass is 35.5. The molecule has 0 saturated heterocycles. The minimum Gasteiger partial charge on any atom is -0.495 e. The van der Waals surface area contributed by atoms with Gasteiger partial charge in [0.15, 0.2) is 0 Å². The highest BCUT2D eigenvalue weighted by Crippen LogP contribution is 2.36. The Morgan fingerprint density at radius 3 is 2.70 bits per heavy atom. The van der Waals surface area contributed by atoms with E-state index in [4.69, 9.17) is 21.1 Å². The highest BCUT2D eigenvalue weighted by molar-refractivity contribution is 6.32. The average Bonchev–Trinajstić information content (AvgIpc) is 2.93. The monoisotopic (exact) mass is 293 g/mol. The summed E-state index contributed by atoms with van der Waals surface area (Å²) < 4.78 is 12.1. The maximum absolute atomic E-state index is 6.12. The van der Waals surface area contributed by atoms with Crippen LogP contribution in [0.3, 0.4) is 0 Å². The standard InChI is InChI=1S/C14H16ClN3O2/c1-4-18-9-10(8-17-18)7-16-12-5-11(15)13(19-2)6-14(12)20-3/h4-6,8-9,16H,1,7H2,2-3H3. The summed E-state index contributed by atoms with van der Waals surface area (Å²) in [5.41, 5.74) is 1.82. The molecule has 0 spiro atoms. The van der Waals surface area contributed by atoms with Crippen LogP contribution in [-0.4, -0.2) is 24.0 Å². The van der Waals surface area contributed by atoms with Crippen LogP contribution in [0.25, 0.3) is 6.20 Å². The summed E-state index contributed by atoms with van der Waals surface area (Å²) in [6, 6.07) is 3.52. The first kappa shape index (κ1) is 14.3. The molecule has 0 amide bonds. The van der Waals surface area contributed by atoms with Gasteiger partial charge in [0.05, 0.1) is 31.1 Å². The van der Waals surface area contributed by atoms with Crippen molar-refractivity contribution in [3.8, 4) is 11.5 Å². The predicted octanol–water partition coefficient (Wildman–Crippen LogP) is 3.27. The molecule has 0 atom stereocenters. The van der Waals surface area contributed by atoms with E-state index in [0.717, 1.165) is 11.3 Å². The van der Waals surface area contributed by atoms with E-state index >= 15 is 0 Å². The number of benzene rings is 1. The fraction of sp³-hybridized carbons (Fsp3) is 0.214. The Hall–Kier alpha value is -2.14. The molecule has 0 aliphatic carbocycles. The summed E-state index contributed by atoms with van der Waals surface area (Å²) in [5, 5.41) is 7.90. The molecule has 5 nitrogen and oxygen atoms in total. The predicted molar refractivity (Wildman–Crippen MR) is 80.5 cm³/mol. The second kappa shape index (κ2) is 6.34. The van der Waals surface area contributed by atoms with Gasteiger partial charge in [0, 0.05) is 30.6 Å². The molecule has 1 aromatic heterocycles. The van der Waals surface area contributed by atoms with Crippen molar-refractivity contribution in [1.82, 2.24) is 9.78 Å². The van der Waals surface area contributed by atoms with Gasteiger partial charge in [-0.3, -0.25) is 0 Å². The molecule has 0 fully saturated rings. The van der Waals surface area contributed by atoms with Crippen LogP contribution in [-0.2, 0) is 6.54 Å². The van der Waals surface area contributed by atoms with Crippen molar-refractivity contribution in [3.05, 3.63) is 41.7 Å². The van der Waals surface area contributed by atoms with Crippen LogP contribution in [0.2, 0.25) is 5.02 Å². The van der Waals surface area contributed by atoms with Crippen molar-refractivity contribution in [2.75, 3.05) is 19.5 Å². The van der Waals surface area contributed by atoms with Crippen LogP contribution in [0, 0.1) is 0 Å². The number of nitrogens with one attached hydrogen (secondary N) is 1. The van der Waals surface area contributed by atoms with Gasteiger partial charge >= 0.3 is 0 Å². The number of rotatable bonds is 6. The first-order valence-corrected chi connectivity index (χ1v) is 6.36. The normalized spacial score (nSPS) is 10.2. The van der Waals surface area contributed by atoms with Crippen LogP contribution < -0.4 is 14.8 Å². The van der Waals surface area contributed by atoms with Crippen molar-refractivity contribution >= 4 is 23.5 Å². The fourth-order valence-electron chi connectivity index (χ4n) is 1.76. The van der Waals surface area contributed by atoms with Gasteiger partial charge in [0.1, 0.15) is 11.5 Å². The molecule has 1 heterocycles. The number of hydrogen-bond donors (Lipinski definition) is 1. The van der Waals surface area contributed by atoms with Crippen molar-refractivity contribution in [3.63, 3.8) is 0 Å². The van der Waals surface area contributed by atoms with E-state index in [1.165, 1.54) is 0 Å². The Kier molecular flexibility index (Phi) is 4.53. The topological polar surface area (TPSA) is 48.3 Å². The quantitative estimate of drug-likeness (QED) is 0.888. The van der Waals surface area contributed by atoms with E-state index in [9.17, 15) is 0 Å². The van der Waals surface area contributed by atoms with Crippen molar-refractivity contribution < 1.29 is 9.47 Å². The molecule has 2 aromatic rings. The Morgan fingerprint density at radius 2 is 2.10 bits per heavy atom. The number of ether oxygens (including phenoxy) is 2. The molecular formula is C14H16ClN3O2. The average molecular weight is 294 g/mol. The van der Waals surface area contributed by atoms with Crippen LogP contribution in [0.15, 0.2) is 31.1 Å². The number of anilines is 1. The second-order valence-corrected chi connectivity index (χ2v) is 4.46. The lowest BCUT2D eigenvalue weighted by Crippen LogP contribution is -2.01. The molecule has 20 heavy (non-hydrogen) atoms. The summed E-state index contributed by atoms with van der Waals surface area (Å²) in [6.07, 6.45) is 5.29. The molecule has 0 bridgehead atoms. The van der Waals surface area contributed by atoms with E-state index in [1.54, 1.807) is 43.4 Å². The zero-order chi connectivity index (χ0) is 14.5. The van der Waals surface area contributed by atoms with Gasteiger partial charge < -0.3 is 14.8 Å². The summed E-state index contributed by atoms with van der Waals surface area (Å²) in [6.45, 7) is 4.25. The van der Waals surface area contributed by atoms with Crippen LogP contribution in [0.1, 0.15) is 5.56 Å². The van der Waals surface area contributed by atoms with Gasteiger partial charge in [-0.05, 0) is 6.07 Å². The zero-order valence-corrected chi connectivity index (χ0v) is 12.1. The molecule has 106 valence electrons. The Labute approximate surface area is 122 Å². The number of hydrogen-bond acceptors (Lipinski definition) is 4. The molecule has 0 aliphatic rings. The third-order valence-electron chi connectivity index (χ3n) is 2.80. The van der Waals surface area contributed by atoms with Crippen molar-refractivity contribution in [1.29, 1.82) is 0 Å². The molecule has 0 radical (unpaired) electrons. The lowest BCUT2D eigenvalue weighted by molar-refractivity contribution is 0.395. The molecule has 1 aromatic carbocycles. The van der Waals surface area contributed by atoms with Gasteiger partial charge in [-0.15, -0.1) is 0 Å². The van der Waals surface area contributed by atoms with E-state index in [-0.39, 0.29) is 0 Å². The summed E-state index contributed by atoms with van der Waals surface area (Å²) in [5.74, 6) is 1.25. The summed E-state index contributed by atoms with van der Waals surface area (Å²) >= 11 is 6.12. The summed E-state index contributed by atoms with van der Waals surface area (Å²) in [4.78, 5) is 0. The Bertz CT molecular complexity index is 610. The molecule has 6 heteroatoms. The Morgan fingerprint density at radius 1 is 1.35 bits per heavy atom. The zero-order valence-electron chi connectivity index (χ0n) is 11.4. The maximum atomic E-state index is 6.12. The number of methoxy groups -OCH3 is 2. The van der Waals surface area contributed by atoms with E-state index in [1.807, 2.05) is 6.20 Å². The molecular weight excluding hydrogens is 278 g/mol. The maximum Gasteiger partial charge on any atom is 0.145 e. The van der Waals surface area contributed by atoms with Crippen molar-refractivity contribution in [2.45, 2.75) is 6.54 Å². The molecule has 0 saturated carbocycles. The summed E-state index contributed by atoms with van der Waals surface area (Å²) in [7, 11) is 3.17. The molecule has 1 N–H and O–H groups in total. The van der Waals surface area contributed by atoms with Crippen molar-refractivity contribution in [2.24, 2.45) is 0 Å². The third kappa shape index (κ3) is 3.05. The molecule has 0 aliphatic heterocycles. The highest BCUT2D eigenvalue weighted by Gasteiger charge is 2.10. The fourth-order valence-corrected chi connectivity index (χ4v) is 2.00. The van der Waals surface area contributed by atoms with E-state index in [2.05, 4.69) is 17.0 Å². The SMILES string of the molecule is C=Cn1cc(CNc2cc(Cl)c(OC)cc2OC)cn1. The van der Waals surface area contributed by atoms with Gasteiger partial charge in [-0.1, -0.05) is 18.2 Å². The number of aromatic nitrogens is 2. The minimum atomic E-state index is 0.526. The van der Waals surface area contributed by atoms with Gasteiger partial charge in [-0.25, -0.2) is 4.68 Å². The number of nitrogens with zero attached hydrogens (tertiary/aromatic N) is 2. The minimum absolute atomic E-state index is 0.526. The van der Waals surface area contributed by atoms with Crippen LogP contribution in [0.4, 0.5) is 5.69 Å². The van der Waals surface area contributed by atoms with Gasteiger partial charge in [0.2, 0.25) is 0 Å².